The molecular formula is C14H24N2S. The van der Waals surface area contributed by atoms with Crippen molar-refractivity contribution in [3.05, 3.63) is 21.9 Å². The number of nitrogens with zero attached hydrogens (tertiary/aromatic N) is 1. The van der Waals surface area contributed by atoms with Crippen molar-refractivity contribution in [1.82, 2.24) is 4.90 Å². The van der Waals surface area contributed by atoms with Gasteiger partial charge < -0.3 is 5.73 Å². The number of rotatable bonds is 5. The largest absolute Gasteiger partial charge is 0.330 e. The van der Waals surface area contributed by atoms with Crippen molar-refractivity contribution in [2.45, 2.75) is 33.2 Å². The summed E-state index contributed by atoms with van der Waals surface area (Å²) in [5, 5.41) is 0. The minimum absolute atomic E-state index is 0.727. The molecule has 0 spiro atoms. The monoisotopic (exact) mass is 252 g/mol. The fourth-order valence-electron chi connectivity index (χ4n) is 2.49. The molecule has 1 aromatic heterocycles. The third kappa shape index (κ3) is 3.80. The summed E-state index contributed by atoms with van der Waals surface area (Å²) in [7, 11) is 0. The van der Waals surface area contributed by atoms with E-state index in [2.05, 4.69) is 30.9 Å². The maximum Gasteiger partial charge on any atom is 0.0328 e. The normalized spacial score (nSPS) is 21.5. The highest BCUT2D eigenvalue weighted by atomic mass is 32.1. The van der Waals surface area contributed by atoms with E-state index in [1.807, 2.05) is 11.3 Å². The molecule has 2 N–H and O–H groups in total. The lowest BCUT2D eigenvalue weighted by Crippen LogP contribution is -2.22. The Bertz CT molecular complexity index is 346. The summed E-state index contributed by atoms with van der Waals surface area (Å²) in [6.45, 7) is 8.95. The van der Waals surface area contributed by atoms with Crippen LogP contribution in [0.3, 0.4) is 0 Å². The predicted molar refractivity (Wildman–Crippen MR) is 75.3 cm³/mol. The summed E-state index contributed by atoms with van der Waals surface area (Å²) in [5.74, 6) is 1.49. The average molecular weight is 252 g/mol. The second-order valence-electron chi connectivity index (χ2n) is 5.59. The van der Waals surface area contributed by atoms with Gasteiger partial charge in [0.25, 0.3) is 0 Å². The van der Waals surface area contributed by atoms with E-state index in [1.54, 1.807) is 0 Å². The number of likely N-dealkylation sites (tertiary alicyclic amines) is 1. The van der Waals surface area contributed by atoms with Crippen LogP contribution in [0.25, 0.3) is 0 Å². The Balaban J connectivity index is 1.85. The summed E-state index contributed by atoms with van der Waals surface area (Å²) in [6, 6.07) is 4.61. The van der Waals surface area contributed by atoms with E-state index in [0.717, 1.165) is 24.9 Å². The highest BCUT2D eigenvalue weighted by molar-refractivity contribution is 7.11. The van der Waals surface area contributed by atoms with Gasteiger partial charge in [-0.25, -0.2) is 0 Å². The van der Waals surface area contributed by atoms with Crippen molar-refractivity contribution in [3.8, 4) is 0 Å². The Morgan fingerprint density at radius 1 is 1.41 bits per heavy atom. The van der Waals surface area contributed by atoms with Crippen LogP contribution in [0, 0.1) is 11.8 Å². The highest BCUT2D eigenvalue weighted by Crippen LogP contribution is 2.24. The van der Waals surface area contributed by atoms with Gasteiger partial charge in [-0.05, 0) is 49.9 Å². The molecule has 0 radical (unpaired) electrons. The van der Waals surface area contributed by atoms with Gasteiger partial charge in [0.15, 0.2) is 0 Å². The van der Waals surface area contributed by atoms with Crippen molar-refractivity contribution in [2.24, 2.45) is 17.6 Å². The zero-order valence-corrected chi connectivity index (χ0v) is 11.8. The van der Waals surface area contributed by atoms with E-state index in [4.69, 9.17) is 5.73 Å². The molecule has 1 aliphatic rings. The zero-order chi connectivity index (χ0) is 12.3. The van der Waals surface area contributed by atoms with Gasteiger partial charge in [-0.15, -0.1) is 11.3 Å². The quantitative estimate of drug-likeness (QED) is 0.873. The maximum absolute atomic E-state index is 5.72. The Hall–Kier alpha value is -0.380. The molecule has 1 aliphatic heterocycles. The smallest absolute Gasteiger partial charge is 0.0328 e. The molecular weight excluding hydrogens is 228 g/mol. The molecule has 2 heterocycles. The van der Waals surface area contributed by atoms with Gasteiger partial charge in [0.2, 0.25) is 0 Å². The molecule has 2 rings (SSSR count). The lowest BCUT2D eigenvalue weighted by Gasteiger charge is -2.14. The fourth-order valence-corrected chi connectivity index (χ4v) is 3.76. The lowest BCUT2D eigenvalue weighted by atomic mass is 10.1. The lowest BCUT2D eigenvalue weighted by molar-refractivity contribution is 0.320. The van der Waals surface area contributed by atoms with Gasteiger partial charge in [0.1, 0.15) is 0 Å². The molecule has 96 valence electrons. The van der Waals surface area contributed by atoms with Crippen molar-refractivity contribution >= 4 is 11.3 Å². The predicted octanol–water partition coefficient (Wildman–Crippen LogP) is 2.73. The maximum atomic E-state index is 5.72. The fraction of sp³-hybridized carbons (Fsp3) is 0.714. The number of hydrogen-bond donors (Lipinski definition) is 1. The van der Waals surface area contributed by atoms with Gasteiger partial charge in [0.05, 0.1) is 0 Å². The molecule has 0 aromatic carbocycles. The van der Waals surface area contributed by atoms with Crippen LogP contribution < -0.4 is 5.73 Å². The van der Waals surface area contributed by atoms with Crippen LogP contribution in [0.5, 0.6) is 0 Å². The minimum atomic E-state index is 0.727. The van der Waals surface area contributed by atoms with Crippen molar-refractivity contribution in [3.63, 3.8) is 0 Å². The van der Waals surface area contributed by atoms with Gasteiger partial charge in [-0.1, -0.05) is 13.8 Å². The van der Waals surface area contributed by atoms with Gasteiger partial charge in [-0.2, -0.15) is 0 Å². The van der Waals surface area contributed by atoms with Crippen LogP contribution in [-0.2, 0) is 13.0 Å². The van der Waals surface area contributed by atoms with E-state index >= 15 is 0 Å². The first kappa shape index (κ1) is 13.1. The van der Waals surface area contributed by atoms with E-state index in [0.29, 0.717) is 0 Å². The van der Waals surface area contributed by atoms with Crippen LogP contribution in [0.1, 0.15) is 30.0 Å². The second kappa shape index (κ2) is 5.98. The van der Waals surface area contributed by atoms with Crippen LogP contribution in [0.2, 0.25) is 0 Å². The minimum Gasteiger partial charge on any atom is -0.330 e. The molecule has 1 aromatic rings. The number of nitrogens with two attached hydrogens (primary N) is 1. The Morgan fingerprint density at radius 3 is 2.82 bits per heavy atom. The van der Waals surface area contributed by atoms with E-state index < -0.39 is 0 Å². The molecule has 1 atom stereocenters. The van der Waals surface area contributed by atoms with E-state index in [1.165, 1.54) is 35.7 Å². The highest BCUT2D eigenvalue weighted by Gasteiger charge is 2.21. The standard InChI is InChI=1S/C14H24N2S/c1-11(2)7-13-3-4-14(17-13)10-16-6-5-12(8-15)9-16/h3-4,11-12H,5-10,15H2,1-2H3/t12-/m0/s1. The molecule has 0 saturated carbocycles. The Morgan fingerprint density at radius 2 is 2.18 bits per heavy atom. The molecule has 1 saturated heterocycles. The first-order valence-corrected chi connectivity index (χ1v) is 7.49. The molecule has 0 bridgehead atoms. The molecule has 0 aliphatic carbocycles. The molecule has 0 amide bonds. The molecule has 3 heteroatoms. The summed E-state index contributed by atoms with van der Waals surface area (Å²) in [5.41, 5.74) is 5.72. The van der Waals surface area contributed by atoms with E-state index in [9.17, 15) is 0 Å². The molecule has 0 unspecified atom stereocenters. The van der Waals surface area contributed by atoms with Crippen molar-refractivity contribution < 1.29 is 0 Å². The van der Waals surface area contributed by atoms with E-state index in [-0.39, 0.29) is 0 Å². The third-order valence-corrected chi connectivity index (χ3v) is 4.50. The van der Waals surface area contributed by atoms with Crippen LogP contribution in [0.4, 0.5) is 0 Å². The third-order valence-electron chi connectivity index (χ3n) is 3.41. The second-order valence-corrected chi connectivity index (χ2v) is 6.84. The first-order valence-electron chi connectivity index (χ1n) is 6.67. The van der Waals surface area contributed by atoms with Gasteiger partial charge in [-0.3, -0.25) is 4.90 Å². The molecule has 2 nitrogen and oxygen atoms in total. The van der Waals surface area contributed by atoms with Gasteiger partial charge in [0, 0.05) is 22.8 Å². The van der Waals surface area contributed by atoms with Gasteiger partial charge >= 0.3 is 0 Å². The summed E-state index contributed by atoms with van der Waals surface area (Å²) >= 11 is 1.98. The SMILES string of the molecule is CC(C)Cc1ccc(CN2CC[C@@H](CN)C2)s1. The Kier molecular flexibility index (Phi) is 4.60. The zero-order valence-electron chi connectivity index (χ0n) is 11.0. The summed E-state index contributed by atoms with van der Waals surface area (Å²) in [6.07, 6.45) is 2.50. The first-order chi connectivity index (χ1) is 8.17. The number of thiophene rings is 1. The molecule has 1 fully saturated rings. The molecule has 17 heavy (non-hydrogen) atoms. The van der Waals surface area contributed by atoms with Crippen molar-refractivity contribution in [1.29, 1.82) is 0 Å². The average Bonchev–Trinajstić information content (AvgIpc) is 2.88. The summed E-state index contributed by atoms with van der Waals surface area (Å²) < 4.78 is 0. The topological polar surface area (TPSA) is 29.3 Å². The van der Waals surface area contributed by atoms with Crippen LogP contribution in [0.15, 0.2) is 12.1 Å². The van der Waals surface area contributed by atoms with Crippen LogP contribution in [-0.4, -0.2) is 24.5 Å². The van der Waals surface area contributed by atoms with Crippen LogP contribution >= 0.6 is 11.3 Å². The van der Waals surface area contributed by atoms with Crippen molar-refractivity contribution in [2.75, 3.05) is 19.6 Å². The summed E-state index contributed by atoms with van der Waals surface area (Å²) in [4.78, 5) is 5.59. The number of hydrogen-bond acceptors (Lipinski definition) is 3. The Labute approximate surface area is 109 Å².